The molecule has 0 bridgehead atoms. The standard InChI is InChI=1S/C24H30N2O4/c1-17(2)21(25-24(29)30-16-18-10-5-3-6-11-18)23(28)26-15-9-14-20(26)22(27)19-12-7-4-8-13-19/h3-8,10-13,17,20-22,27H,9,14-16H2,1-2H3,(H,25,29)/t20?,21-,22?/m0/s1. The van der Waals surface area contributed by atoms with E-state index in [9.17, 15) is 14.7 Å². The molecule has 2 aromatic rings. The second-order valence-electron chi connectivity index (χ2n) is 8.02. The highest BCUT2D eigenvalue weighted by molar-refractivity contribution is 5.86. The smallest absolute Gasteiger partial charge is 0.408 e. The predicted octanol–water partition coefficient (Wildman–Crippen LogP) is 3.66. The molecule has 6 nitrogen and oxygen atoms in total. The number of rotatable bonds is 7. The van der Waals surface area contributed by atoms with Gasteiger partial charge < -0.3 is 20.1 Å². The summed E-state index contributed by atoms with van der Waals surface area (Å²) in [5, 5.41) is 13.6. The largest absolute Gasteiger partial charge is 0.445 e. The van der Waals surface area contributed by atoms with Crippen molar-refractivity contribution < 1.29 is 19.4 Å². The van der Waals surface area contributed by atoms with Crippen LogP contribution in [0, 0.1) is 5.92 Å². The van der Waals surface area contributed by atoms with Crippen LogP contribution in [-0.2, 0) is 16.1 Å². The number of nitrogens with zero attached hydrogens (tertiary/aromatic N) is 1. The first-order chi connectivity index (χ1) is 14.5. The van der Waals surface area contributed by atoms with Crippen LogP contribution in [0.4, 0.5) is 4.79 Å². The number of likely N-dealkylation sites (tertiary alicyclic amines) is 1. The summed E-state index contributed by atoms with van der Waals surface area (Å²) >= 11 is 0. The third-order valence-electron chi connectivity index (χ3n) is 5.51. The second kappa shape index (κ2) is 10.3. The Labute approximate surface area is 177 Å². The number of alkyl carbamates (subject to hydrolysis) is 1. The molecule has 0 radical (unpaired) electrons. The average molecular weight is 411 g/mol. The van der Waals surface area contributed by atoms with Crippen LogP contribution in [0.3, 0.4) is 0 Å². The number of amides is 2. The van der Waals surface area contributed by atoms with Crippen LogP contribution in [0.5, 0.6) is 0 Å². The molecule has 1 fully saturated rings. The van der Waals surface area contributed by atoms with Gasteiger partial charge in [-0.2, -0.15) is 0 Å². The molecule has 1 saturated heterocycles. The van der Waals surface area contributed by atoms with Crippen LogP contribution in [-0.4, -0.2) is 40.6 Å². The SMILES string of the molecule is CC(C)[C@H](NC(=O)OCc1ccccc1)C(=O)N1CCCC1C(O)c1ccccc1. The molecule has 30 heavy (non-hydrogen) atoms. The summed E-state index contributed by atoms with van der Waals surface area (Å²) in [7, 11) is 0. The van der Waals surface area contributed by atoms with Crippen molar-refractivity contribution in [2.24, 2.45) is 5.92 Å². The highest BCUT2D eigenvalue weighted by Gasteiger charge is 2.39. The van der Waals surface area contributed by atoms with E-state index in [1.165, 1.54) is 0 Å². The fourth-order valence-corrected chi connectivity index (χ4v) is 3.85. The normalized spacial score (nSPS) is 18.1. The van der Waals surface area contributed by atoms with Crippen LogP contribution in [0.25, 0.3) is 0 Å². The Balaban J connectivity index is 1.64. The minimum Gasteiger partial charge on any atom is -0.445 e. The van der Waals surface area contributed by atoms with Gasteiger partial charge in [-0.25, -0.2) is 4.79 Å². The Bertz CT molecular complexity index is 826. The van der Waals surface area contributed by atoms with Crippen molar-refractivity contribution in [3.63, 3.8) is 0 Å². The quantitative estimate of drug-likeness (QED) is 0.730. The predicted molar refractivity (Wildman–Crippen MR) is 115 cm³/mol. The van der Waals surface area contributed by atoms with Crippen LogP contribution < -0.4 is 5.32 Å². The first-order valence-corrected chi connectivity index (χ1v) is 10.5. The molecule has 2 unspecified atom stereocenters. The average Bonchev–Trinajstić information content (AvgIpc) is 3.26. The molecule has 0 aliphatic carbocycles. The topological polar surface area (TPSA) is 78.9 Å². The molecule has 1 aliphatic heterocycles. The number of ether oxygens (including phenoxy) is 1. The third-order valence-corrected chi connectivity index (χ3v) is 5.51. The fourth-order valence-electron chi connectivity index (χ4n) is 3.85. The number of carbonyl (C=O) groups is 2. The molecule has 0 aromatic heterocycles. The van der Waals surface area contributed by atoms with Gasteiger partial charge in [0.15, 0.2) is 0 Å². The van der Waals surface area contributed by atoms with Gasteiger partial charge in [-0.3, -0.25) is 4.79 Å². The Morgan fingerprint density at radius 1 is 1.10 bits per heavy atom. The van der Waals surface area contributed by atoms with Gasteiger partial charge in [0.1, 0.15) is 12.6 Å². The van der Waals surface area contributed by atoms with Crippen LogP contribution in [0.15, 0.2) is 60.7 Å². The van der Waals surface area contributed by atoms with E-state index in [0.717, 1.165) is 24.0 Å². The Kier molecular flexibility index (Phi) is 7.46. The van der Waals surface area contributed by atoms with Gasteiger partial charge in [-0.15, -0.1) is 0 Å². The summed E-state index contributed by atoms with van der Waals surface area (Å²) in [5.74, 6) is -0.295. The molecule has 1 aliphatic rings. The van der Waals surface area contributed by atoms with Crippen molar-refractivity contribution >= 4 is 12.0 Å². The van der Waals surface area contributed by atoms with Gasteiger partial charge in [0.2, 0.25) is 5.91 Å². The maximum absolute atomic E-state index is 13.3. The molecule has 1 heterocycles. The van der Waals surface area contributed by atoms with Crippen LogP contribution in [0.1, 0.15) is 43.9 Å². The Morgan fingerprint density at radius 2 is 1.73 bits per heavy atom. The first kappa shape index (κ1) is 21.8. The number of benzene rings is 2. The van der Waals surface area contributed by atoms with Gasteiger partial charge in [0, 0.05) is 6.54 Å². The number of aliphatic hydroxyl groups excluding tert-OH is 1. The van der Waals surface area contributed by atoms with Gasteiger partial charge >= 0.3 is 6.09 Å². The summed E-state index contributed by atoms with van der Waals surface area (Å²) in [5.41, 5.74) is 1.67. The summed E-state index contributed by atoms with van der Waals surface area (Å²) in [6, 6.07) is 17.8. The van der Waals surface area contributed by atoms with Crippen molar-refractivity contribution in [3.05, 3.63) is 71.8 Å². The molecule has 2 aromatic carbocycles. The van der Waals surface area contributed by atoms with Crippen molar-refractivity contribution in [3.8, 4) is 0 Å². The highest BCUT2D eigenvalue weighted by Crippen LogP contribution is 2.30. The van der Waals surface area contributed by atoms with Gasteiger partial charge in [0.05, 0.1) is 12.1 Å². The third kappa shape index (κ3) is 5.39. The molecule has 0 spiro atoms. The van der Waals surface area contributed by atoms with Gasteiger partial charge in [0.25, 0.3) is 0 Å². The lowest BCUT2D eigenvalue weighted by molar-refractivity contribution is -0.137. The number of hydrogen-bond acceptors (Lipinski definition) is 4. The lowest BCUT2D eigenvalue weighted by atomic mass is 9.98. The van der Waals surface area contributed by atoms with E-state index in [1.807, 2.05) is 74.5 Å². The Morgan fingerprint density at radius 3 is 2.37 bits per heavy atom. The molecule has 2 amide bonds. The van der Waals surface area contributed by atoms with E-state index in [2.05, 4.69) is 5.32 Å². The lowest BCUT2D eigenvalue weighted by Crippen LogP contribution is -2.53. The number of hydrogen-bond donors (Lipinski definition) is 2. The van der Waals surface area contributed by atoms with Crippen LogP contribution >= 0.6 is 0 Å². The van der Waals surface area contributed by atoms with Gasteiger partial charge in [-0.1, -0.05) is 74.5 Å². The molecular formula is C24H30N2O4. The van der Waals surface area contributed by atoms with Crippen LogP contribution in [0.2, 0.25) is 0 Å². The molecule has 0 saturated carbocycles. The molecule has 3 rings (SSSR count). The molecule has 3 atom stereocenters. The number of aliphatic hydroxyl groups is 1. The number of carbonyl (C=O) groups excluding carboxylic acids is 2. The summed E-state index contributed by atoms with van der Waals surface area (Å²) in [6.45, 7) is 4.49. The second-order valence-corrected chi connectivity index (χ2v) is 8.02. The first-order valence-electron chi connectivity index (χ1n) is 10.5. The van der Waals surface area contributed by atoms with Gasteiger partial charge in [-0.05, 0) is 29.9 Å². The molecule has 160 valence electrons. The monoisotopic (exact) mass is 410 g/mol. The molecule has 2 N–H and O–H groups in total. The van der Waals surface area contributed by atoms with Crippen molar-refractivity contribution in [2.75, 3.05) is 6.54 Å². The van der Waals surface area contributed by atoms with E-state index in [4.69, 9.17) is 4.74 Å². The number of nitrogens with one attached hydrogen (secondary N) is 1. The summed E-state index contributed by atoms with van der Waals surface area (Å²) in [6.07, 6.45) is 0.176. The summed E-state index contributed by atoms with van der Waals surface area (Å²) in [4.78, 5) is 27.3. The van der Waals surface area contributed by atoms with E-state index < -0.39 is 18.2 Å². The van der Waals surface area contributed by atoms with E-state index in [0.29, 0.717) is 6.54 Å². The van der Waals surface area contributed by atoms with Crippen molar-refractivity contribution in [2.45, 2.75) is 51.5 Å². The zero-order valence-corrected chi connectivity index (χ0v) is 17.5. The van der Waals surface area contributed by atoms with E-state index >= 15 is 0 Å². The Hall–Kier alpha value is -2.86. The zero-order chi connectivity index (χ0) is 21.5. The molecular weight excluding hydrogens is 380 g/mol. The maximum atomic E-state index is 13.3. The lowest BCUT2D eigenvalue weighted by Gasteiger charge is -2.33. The van der Waals surface area contributed by atoms with E-state index in [-0.39, 0.29) is 24.5 Å². The van der Waals surface area contributed by atoms with Crippen molar-refractivity contribution in [1.29, 1.82) is 0 Å². The highest BCUT2D eigenvalue weighted by atomic mass is 16.5. The fraction of sp³-hybridized carbons (Fsp3) is 0.417. The summed E-state index contributed by atoms with van der Waals surface area (Å²) < 4.78 is 5.29. The van der Waals surface area contributed by atoms with Crippen molar-refractivity contribution in [1.82, 2.24) is 10.2 Å². The maximum Gasteiger partial charge on any atom is 0.408 e. The minimum absolute atomic E-state index is 0.114. The molecule has 6 heteroatoms. The van der Waals surface area contributed by atoms with E-state index in [1.54, 1.807) is 4.90 Å². The zero-order valence-electron chi connectivity index (χ0n) is 17.5. The minimum atomic E-state index is -0.754.